The second kappa shape index (κ2) is 4.82. The first kappa shape index (κ1) is 16.0. The van der Waals surface area contributed by atoms with Crippen molar-refractivity contribution in [2.75, 3.05) is 0 Å². The Hall–Kier alpha value is -0.860. The van der Waals surface area contributed by atoms with Crippen molar-refractivity contribution < 1.29 is 14.3 Å². The van der Waals surface area contributed by atoms with Crippen molar-refractivity contribution in [1.82, 2.24) is 0 Å². The minimum absolute atomic E-state index is 0.0291. The maximum Gasteiger partial charge on any atom is 0.302 e. The highest BCUT2D eigenvalue weighted by Crippen LogP contribution is 2.67. The summed E-state index contributed by atoms with van der Waals surface area (Å²) in [4.78, 5) is 24.2. The second-order valence-electron chi connectivity index (χ2n) is 9.01. The van der Waals surface area contributed by atoms with Gasteiger partial charge in [-0.15, -0.1) is 0 Å². The summed E-state index contributed by atoms with van der Waals surface area (Å²) in [6.45, 7) is 10.7. The molecule has 0 aliphatic heterocycles. The minimum Gasteiger partial charge on any atom is -0.462 e. The van der Waals surface area contributed by atoms with E-state index < -0.39 is 0 Å². The van der Waals surface area contributed by atoms with Gasteiger partial charge in [0.15, 0.2) is 0 Å². The molecule has 3 saturated carbocycles. The Labute approximate surface area is 134 Å². The molecule has 124 valence electrons. The Kier molecular flexibility index (Phi) is 3.51. The second-order valence-corrected chi connectivity index (χ2v) is 9.01. The first-order valence-electron chi connectivity index (χ1n) is 8.83. The van der Waals surface area contributed by atoms with E-state index in [2.05, 4.69) is 27.7 Å². The number of hydrogen-bond donors (Lipinski definition) is 0. The summed E-state index contributed by atoms with van der Waals surface area (Å²) in [5.74, 6) is 1.14. The third kappa shape index (κ3) is 2.00. The molecule has 0 aromatic heterocycles. The molecule has 3 fully saturated rings. The predicted molar refractivity (Wildman–Crippen MR) is 85.2 cm³/mol. The smallest absolute Gasteiger partial charge is 0.302 e. The van der Waals surface area contributed by atoms with Gasteiger partial charge in [0.2, 0.25) is 0 Å². The van der Waals surface area contributed by atoms with Crippen LogP contribution >= 0.6 is 0 Å². The van der Waals surface area contributed by atoms with E-state index in [0.29, 0.717) is 24.0 Å². The van der Waals surface area contributed by atoms with Gasteiger partial charge in [0.25, 0.3) is 0 Å². The van der Waals surface area contributed by atoms with Crippen LogP contribution < -0.4 is 0 Å². The van der Waals surface area contributed by atoms with Crippen molar-refractivity contribution in [1.29, 1.82) is 0 Å². The van der Waals surface area contributed by atoms with Crippen molar-refractivity contribution in [3.63, 3.8) is 0 Å². The fraction of sp³-hybridized carbons (Fsp3) is 0.895. The van der Waals surface area contributed by atoms with Crippen molar-refractivity contribution in [2.45, 2.75) is 79.2 Å². The number of ketones is 1. The van der Waals surface area contributed by atoms with E-state index in [4.69, 9.17) is 4.74 Å². The van der Waals surface area contributed by atoms with Crippen molar-refractivity contribution in [3.05, 3.63) is 0 Å². The number of hydrogen-bond acceptors (Lipinski definition) is 3. The molecule has 3 heteroatoms. The van der Waals surface area contributed by atoms with Crippen LogP contribution in [0.4, 0.5) is 0 Å². The van der Waals surface area contributed by atoms with E-state index in [1.165, 1.54) is 6.92 Å². The average Bonchev–Trinajstić information content (AvgIpc) is 2.70. The summed E-state index contributed by atoms with van der Waals surface area (Å²) in [6.07, 6.45) is 5.77. The van der Waals surface area contributed by atoms with Gasteiger partial charge < -0.3 is 4.74 Å². The highest BCUT2D eigenvalue weighted by Gasteiger charge is 2.66. The zero-order chi connectivity index (χ0) is 16.3. The van der Waals surface area contributed by atoms with E-state index in [-0.39, 0.29) is 28.3 Å². The number of Topliss-reactive ketones (excluding diaryl/α,β-unsaturated/α-hetero) is 1. The molecule has 3 rings (SSSR count). The maximum atomic E-state index is 12.5. The van der Waals surface area contributed by atoms with Crippen LogP contribution in [-0.2, 0) is 14.3 Å². The Morgan fingerprint density at radius 2 is 1.73 bits per heavy atom. The van der Waals surface area contributed by atoms with Crippen LogP contribution in [0.25, 0.3) is 0 Å². The third-order valence-corrected chi connectivity index (χ3v) is 7.52. The van der Waals surface area contributed by atoms with Gasteiger partial charge in [-0.05, 0) is 49.4 Å². The summed E-state index contributed by atoms with van der Waals surface area (Å²) in [7, 11) is 0. The van der Waals surface area contributed by atoms with Gasteiger partial charge in [0, 0.05) is 24.2 Å². The lowest BCUT2D eigenvalue weighted by Crippen LogP contribution is -2.61. The third-order valence-electron chi connectivity index (χ3n) is 7.52. The number of rotatable bonds is 1. The maximum absolute atomic E-state index is 12.5. The zero-order valence-electron chi connectivity index (χ0n) is 14.7. The lowest BCUT2D eigenvalue weighted by atomic mass is 9.43. The Balaban J connectivity index is 2.05. The van der Waals surface area contributed by atoms with E-state index >= 15 is 0 Å². The van der Waals surface area contributed by atoms with Crippen LogP contribution in [0.15, 0.2) is 0 Å². The average molecular weight is 306 g/mol. The summed E-state index contributed by atoms with van der Waals surface area (Å²) < 4.78 is 5.80. The molecule has 0 N–H and O–H groups in total. The Morgan fingerprint density at radius 3 is 2.36 bits per heavy atom. The SMILES string of the molecule is CC(=O)O[C@H]1CCC(C)(C)C2CC[C@@]3(C)C(=O)CC[C@H]3[C@@]21C. The standard InChI is InChI=1S/C19H30O3/c1-12(20)22-16-9-10-17(2,3)13-8-11-18(4)14(19(13,16)5)6-7-15(18)21/h13-14,16H,6-11H2,1-5H3/t13?,14-,16+,18-,19-/m1/s1. The summed E-state index contributed by atoms with van der Waals surface area (Å²) in [5.41, 5.74) is 0.00200. The number of esters is 1. The zero-order valence-corrected chi connectivity index (χ0v) is 14.7. The van der Waals surface area contributed by atoms with E-state index in [1.807, 2.05) is 0 Å². The number of carbonyl (C=O) groups excluding carboxylic acids is 2. The van der Waals surface area contributed by atoms with Gasteiger partial charge >= 0.3 is 5.97 Å². The normalized spacial score (nSPS) is 46.8. The van der Waals surface area contributed by atoms with Crippen LogP contribution in [-0.4, -0.2) is 17.9 Å². The van der Waals surface area contributed by atoms with Gasteiger partial charge in [-0.1, -0.05) is 27.7 Å². The molecule has 0 saturated heterocycles. The van der Waals surface area contributed by atoms with Gasteiger partial charge in [-0.2, -0.15) is 0 Å². The molecule has 0 aromatic carbocycles. The quantitative estimate of drug-likeness (QED) is 0.684. The monoisotopic (exact) mass is 306 g/mol. The van der Waals surface area contributed by atoms with Crippen LogP contribution in [0.5, 0.6) is 0 Å². The van der Waals surface area contributed by atoms with Crippen molar-refractivity contribution in [2.24, 2.45) is 28.1 Å². The predicted octanol–water partition coefficient (Wildman–Crippen LogP) is 4.14. The molecule has 3 aliphatic carbocycles. The molecular formula is C19H30O3. The highest BCUT2D eigenvalue weighted by atomic mass is 16.5. The van der Waals surface area contributed by atoms with Crippen molar-refractivity contribution >= 4 is 11.8 Å². The van der Waals surface area contributed by atoms with Crippen LogP contribution in [0.1, 0.15) is 73.1 Å². The van der Waals surface area contributed by atoms with E-state index in [0.717, 1.165) is 32.1 Å². The summed E-state index contributed by atoms with van der Waals surface area (Å²) in [5, 5.41) is 0. The molecule has 0 radical (unpaired) electrons. The molecule has 0 bridgehead atoms. The van der Waals surface area contributed by atoms with Gasteiger partial charge in [0.1, 0.15) is 11.9 Å². The lowest BCUT2D eigenvalue weighted by Gasteiger charge is -2.62. The fourth-order valence-electron chi connectivity index (χ4n) is 6.44. The molecule has 3 nitrogen and oxygen atoms in total. The largest absolute Gasteiger partial charge is 0.462 e. The van der Waals surface area contributed by atoms with Crippen LogP contribution in [0, 0.1) is 28.1 Å². The molecule has 0 spiro atoms. The van der Waals surface area contributed by atoms with Crippen LogP contribution in [0.2, 0.25) is 0 Å². The van der Waals surface area contributed by atoms with E-state index in [9.17, 15) is 9.59 Å². The fourth-order valence-corrected chi connectivity index (χ4v) is 6.44. The Morgan fingerprint density at radius 1 is 1.05 bits per heavy atom. The molecule has 22 heavy (non-hydrogen) atoms. The first-order chi connectivity index (χ1) is 10.1. The molecule has 3 aliphatic rings. The van der Waals surface area contributed by atoms with E-state index in [1.54, 1.807) is 0 Å². The van der Waals surface area contributed by atoms with Crippen molar-refractivity contribution in [3.8, 4) is 0 Å². The van der Waals surface area contributed by atoms with Gasteiger partial charge in [-0.25, -0.2) is 0 Å². The molecular weight excluding hydrogens is 276 g/mol. The minimum atomic E-state index is -0.197. The molecule has 0 aromatic rings. The number of fused-ring (bicyclic) bond motifs is 3. The molecule has 1 unspecified atom stereocenters. The molecule has 0 heterocycles. The molecule has 5 atom stereocenters. The molecule has 0 amide bonds. The Bertz CT molecular complexity index is 509. The van der Waals surface area contributed by atoms with Crippen LogP contribution in [0.3, 0.4) is 0 Å². The summed E-state index contributed by atoms with van der Waals surface area (Å²) >= 11 is 0. The highest BCUT2D eigenvalue weighted by molar-refractivity contribution is 5.87. The lowest BCUT2D eigenvalue weighted by molar-refractivity contribution is -0.201. The van der Waals surface area contributed by atoms with Gasteiger partial charge in [0.05, 0.1) is 0 Å². The van der Waals surface area contributed by atoms with Gasteiger partial charge in [-0.3, -0.25) is 9.59 Å². The first-order valence-corrected chi connectivity index (χ1v) is 8.83. The number of ether oxygens (including phenoxy) is 1. The number of carbonyl (C=O) groups is 2. The topological polar surface area (TPSA) is 43.4 Å². The summed E-state index contributed by atoms with van der Waals surface area (Å²) in [6, 6.07) is 0.